The van der Waals surface area contributed by atoms with Crippen molar-refractivity contribution < 1.29 is 0 Å². The van der Waals surface area contributed by atoms with Crippen LogP contribution in [-0.4, -0.2) is 9.97 Å². The van der Waals surface area contributed by atoms with Crippen LogP contribution in [0.15, 0.2) is 146 Å². The lowest BCUT2D eigenvalue weighted by Crippen LogP contribution is -1.94. The van der Waals surface area contributed by atoms with Crippen LogP contribution in [0.3, 0.4) is 0 Å². The summed E-state index contributed by atoms with van der Waals surface area (Å²) in [6.07, 6.45) is 0. The van der Waals surface area contributed by atoms with Crippen molar-refractivity contribution in [1.82, 2.24) is 9.97 Å². The van der Waals surface area contributed by atoms with Crippen molar-refractivity contribution in [3.63, 3.8) is 0 Å². The summed E-state index contributed by atoms with van der Waals surface area (Å²) in [5, 5.41) is 3.64. The number of thiophene rings is 1. The van der Waals surface area contributed by atoms with Crippen LogP contribution in [0.5, 0.6) is 0 Å². The minimum absolute atomic E-state index is 0.741. The smallest absolute Gasteiger partial charge is 0.160 e. The number of hydrogen-bond donors (Lipinski definition) is 0. The predicted octanol–water partition coefficient (Wildman–Crippen LogP) is 10.7. The molecule has 2 nitrogen and oxygen atoms in total. The fraction of sp³-hybridized carbons (Fsp3) is 0. The molecule has 0 amide bonds. The van der Waals surface area contributed by atoms with Crippen molar-refractivity contribution in [1.29, 1.82) is 0 Å². The second-order valence-electron chi connectivity index (χ2n) is 10.3. The minimum Gasteiger partial charge on any atom is -0.226 e. The van der Waals surface area contributed by atoms with E-state index < -0.39 is 0 Å². The fourth-order valence-electron chi connectivity index (χ4n) is 5.60. The molecular weight excluding hydrogens is 516 g/mol. The Balaban J connectivity index is 1.32. The van der Waals surface area contributed by atoms with E-state index in [0.29, 0.717) is 0 Å². The van der Waals surface area contributed by atoms with Crippen LogP contribution < -0.4 is 0 Å². The Kier molecular flexibility index (Phi) is 5.68. The number of hydrogen-bond acceptors (Lipinski definition) is 3. The second kappa shape index (κ2) is 9.81. The maximum Gasteiger partial charge on any atom is 0.160 e. The first-order valence-electron chi connectivity index (χ1n) is 13.7. The molecule has 0 aliphatic rings. The molecule has 2 heterocycles. The SMILES string of the molecule is c1ccc(-c2cccc(-c3cccc(-c4nc(-c5ccccc5)c5sc6cc7ccccc7cc6c5n4)c3)c2)cc1. The van der Waals surface area contributed by atoms with Crippen LogP contribution in [-0.2, 0) is 0 Å². The average Bonchev–Trinajstić information content (AvgIpc) is 3.41. The third-order valence-corrected chi connectivity index (χ3v) is 8.80. The highest BCUT2D eigenvalue weighted by Gasteiger charge is 2.17. The molecule has 192 valence electrons. The van der Waals surface area contributed by atoms with Gasteiger partial charge in [0.05, 0.1) is 15.9 Å². The number of aromatic nitrogens is 2. The zero-order valence-electron chi connectivity index (χ0n) is 22.2. The van der Waals surface area contributed by atoms with Crippen LogP contribution in [0.4, 0.5) is 0 Å². The molecule has 6 aromatic carbocycles. The summed E-state index contributed by atoms with van der Waals surface area (Å²) in [5.74, 6) is 0.741. The largest absolute Gasteiger partial charge is 0.226 e. The molecular formula is C38H24N2S. The zero-order chi connectivity index (χ0) is 27.2. The van der Waals surface area contributed by atoms with E-state index in [0.717, 1.165) is 38.4 Å². The van der Waals surface area contributed by atoms with Crippen molar-refractivity contribution in [2.75, 3.05) is 0 Å². The van der Waals surface area contributed by atoms with Crippen LogP contribution in [0, 0.1) is 0 Å². The maximum atomic E-state index is 5.23. The van der Waals surface area contributed by atoms with E-state index in [1.54, 1.807) is 11.3 Å². The summed E-state index contributed by atoms with van der Waals surface area (Å²) in [5.41, 5.74) is 8.83. The zero-order valence-corrected chi connectivity index (χ0v) is 23.0. The van der Waals surface area contributed by atoms with Gasteiger partial charge in [0, 0.05) is 21.2 Å². The molecule has 8 aromatic rings. The molecule has 41 heavy (non-hydrogen) atoms. The average molecular weight is 541 g/mol. The predicted molar refractivity (Wildman–Crippen MR) is 174 cm³/mol. The van der Waals surface area contributed by atoms with Crippen molar-refractivity contribution in [2.45, 2.75) is 0 Å². The van der Waals surface area contributed by atoms with E-state index in [1.807, 2.05) is 6.07 Å². The third kappa shape index (κ3) is 4.28. The molecule has 0 fully saturated rings. The highest BCUT2D eigenvalue weighted by atomic mass is 32.1. The molecule has 3 heteroatoms. The molecule has 2 aromatic heterocycles. The maximum absolute atomic E-state index is 5.23. The Bertz CT molecular complexity index is 2200. The van der Waals surface area contributed by atoms with E-state index in [4.69, 9.17) is 9.97 Å². The van der Waals surface area contributed by atoms with Crippen molar-refractivity contribution in [3.05, 3.63) is 146 Å². The number of fused-ring (bicyclic) bond motifs is 4. The fourth-order valence-corrected chi connectivity index (χ4v) is 6.78. The van der Waals surface area contributed by atoms with Gasteiger partial charge in [-0.3, -0.25) is 0 Å². The third-order valence-electron chi connectivity index (χ3n) is 7.65. The summed E-state index contributed by atoms with van der Waals surface area (Å²) in [7, 11) is 0. The molecule has 0 saturated heterocycles. The van der Waals surface area contributed by atoms with Crippen LogP contribution in [0.25, 0.3) is 76.0 Å². The highest BCUT2D eigenvalue weighted by molar-refractivity contribution is 7.26. The van der Waals surface area contributed by atoms with Gasteiger partial charge in [0.2, 0.25) is 0 Å². The summed E-state index contributed by atoms with van der Waals surface area (Å²) in [6, 6.07) is 51.4. The lowest BCUT2D eigenvalue weighted by atomic mass is 9.98. The highest BCUT2D eigenvalue weighted by Crippen LogP contribution is 2.41. The molecule has 0 bridgehead atoms. The molecule has 0 unspecified atom stereocenters. The van der Waals surface area contributed by atoms with Crippen LogP contribution in [0.2, 0.25) is 0 Å². The quantitative estimate of drug-likeness (QED) is 0.222. The van der Waals surface area contributed by atoms with Crippen LogP contribution >= 0.6 is 11.3 Å². The lowest BCUT2D eigenvalue weighted by molar-refractivity contribution is 1.24. The van der Waals surface area contributed by atoms with Crippen LogP contribution in [0.1, 0.15) is 0 Å². The van der Waals surface area contributed by atoms with Gasteiger partial charge >= 0.3 is 0 Å². The summed E-state index contributed by atoms with van der Waals surface area (Å²) in [4.78, 5) is 10.4. The standard InChI is InChI=1S/C38H24N2S/c1-3-11-25(12-4-1)27-17-9-18-28(21-27)29-19-10-20-32(22-29)38-39-35(26-13-5-2-6-14-26)37-36(40-38)33-23-30-15-7-8-16-31(30)24-34(33)41-37/h1-24H. The van der Waals surface area contributed by atoms with E-state index in [2.05, 4.69) is 140 Å². The number of nitrogens with zero attached hydrogens (tertiary/aromatic N) is 2. The molecule has 0 aliphatic heterocycles. The van der Waals surface area contributed by atoms with Gasteiger partial charge in [0.25, 0.3) is 0 Å². The summed E-state index contributed by atoms with van der Waals surface area (Å²) >= 11 is 1.78. The van der Waals surface area contributed by atoms with Gasteiger partial charge in [0.15, 0.2) is 5.82 Å². The first-order chi connectivity index (χ1) is 20.3. The monoisotopic (exact) mass is 540 g/mol. The van der Waals surface area contributed by atoms with E-state index >= 15 is 0 Å². The lowest BCUT2D eigenvalue weighted by Gasteiger charge is -2.10. The van der Waals surface area contributed by atoms with Gasteiger partial charge < -0.3 is 0 Å². The molecule has 0 radical (unpaired) electrons. The second-order valence-corrected chi connectivity index (χ2v) is 11.3. The number of rotatable bonds is 4. The van der Waals surface area contributed by atoms with Gasteiger partial charge in [-0.1, -0.05) is 121 Å². The minimum atomic E-state index is 0.741. The van der Waals surface area contributed by atoms with Gasteiger partial charge in [-0.25, -0.2) is 9.97 Å². The first kappa shape index (κ1) is 23.7. The van der Waals surface area contributed by atoms with Gasteiger partial charge in [-0.2, -0.15) is 0 Å². The Morgan fingerprint density at radius 3 is 1.66 bits per heavy atom. The molecule has 0 spiro atoms. The summed E-state index contributed by atoms with van der Waals surface area (Å²) in [6.45, 7) is 0. The molecule has 8 rings (SSSR count). The Morgan fingerprint density at radius 2 is 0.951 bits per heavy atom. The van der Waals surface area contributed by atoms with Crippen molar-refractivity contribution in [3.8, 4) is 44.9 Å². The van der Waals surface area contributed by atoms with E-state index in [9.17, 15) is 0 Å². The van der Waals surface area contributed by atoms with E-state index in [1.165, 1.54) is 37.5 Å². The molecule has 0 atom stereocenters. The Labute approximate surface area is 242 Å². The van der Waals surface area contributed by atoms with E-state index in [-0.39, 0.29) is 0 Å². The topological polar surface area (TPSA) is 25.8 Å². The van der Waals surface area contributed by atoms with Gasteiger partial charge in [-0.15, -0.1) is 11.3 Å². The normalized spacial score (nSPS) is 11.4. The van der Waals surface area contributed by atoms with Gasteiger partial charge in [0.1, 0.15) is 0 Å². The molecule has 0 saturated carbocycles. The van der Waals surface area contributed by atoms with Gasteiger partial charge in [-0.05, 0) is 57.3 Å². The Morgan fingerprint density at radius 1 is 0.415 bits per heavy atom. The van der Waals surface area contributed by atoms with Crippen molar-refractivity contribution in [2.24, 2.45) is 0 Å². The molecule has 0 N–H and O–H groups in total. The van der Waals surface area contributed by atoms with Crippen molar-refractivity contribution >= 4 is 42.4 Å². The number of benzene rings is 6. The Hall–Kier alpha value is -5.12. The first-order valence-corrected chi connectivity index (χ1v) is 14.6. The molecule has 0 aliphatic carbocycles. The summed E-state index contributed by atoms with van der Waals surface area (Å²) < 4.78 is 2.35.